The van der Waals surface area contributed by atoms with E-state index < -0.39 is 17.7 Å². The summed E-state index contributed by atoms with van der Waals surface area (Å²) in [6, 6.07) is 3.72. The number of rotatable bonds is 7. The molecule has 1 amide bonds. The van der Waals surface area contributed by atoms with Crippen LogP contribution in [0, 0.1) is 0 Å². The lowest BCUT2D eigenvalue weighted by Crippen LogP contribution is -2.42. The van der Waals surface area contributed by atoms with E-state index in [-0.39, 0.29) is 18.2 Å². The van der Waals surface area contributed by atoms with Gasteiger partial charge in [0.1, 0.15) is 6.17 Å². The minimum absolute atomic E-state index is 0.0246. The Labute approximate surface area is 168 Å². The third-order valence-corrected chi connectivity index (χ3v) is 4.34. The molecular weight excluding hydrogens is 375 g/mol. The summed E-state index contributed by atoms with van der Waals surface area (Å²) < 4.78 is 15.6. The first kappa shape index (κ1) is 20.7. The van der Waals surface area contributed by atoms with Gasteiger partial charge in [-0.15, -0.1) is 0 Å². The van der Waals surface area contributed by atoms with Gasteiger partial charge in [0.05, 0.1) is 41.5 Å². The van der Waals surface area contributed by atoms with Crippen LogP contribution < -0.4 is 10.6 Å². The topological polar surface area (TPSA) is 104 Å². The van der Waals surface area contributed by atoms with Crippen molar-refractivity contribution in [2.24, 2.45) is 0 Å². The Kier molecular flexibility index (Phi) is 5.78. The molecule has 1 unspecified atom stereocenters. The molecule has 3 N–H and O–H groups in total. The zero-order chi connectivity index (χ0) is 21.2. The summed E-state index contributed by atoms with van der Waals surface area (Å²) in [7, 11) is 0. The quantitative estimate of drug-likeness (QED) is 0.563. The van der Waals surface area contributed by atoms with Crippen molar-refractivity contribution >= 4 is 17.2 Å². The number of alkyl halides is 1. The SMILES string of the molecule is CC(C)Nc1c(C(=O)NCC(F)C(C)(C)O)cnn2cc(-c3cccnc3)nc12. The number of imidazole rings is 1. The number of nitrogens with zero attached hydrogens (tertiary/aromatic N) is 4. The molecule has 0 fully saturated rings. The molecule has 9 heteroatoms. The van der Waals surface area contributed by atoms with Crippen LogP contribution in [0.25, 0.3) is 16.9 Å². The maximum Gasteiger partial charge on any atom is 0.255 e. The number of anilines is 1. The van der Waals surface area contributed by atoms with Crippen LogP contribution in [-0.4, -0.2) is 55.0 Å². The fraction of sp³-hybridized carbons (Fsp3) is 0.400. The second kappa shape index (κ2) is 8.12. The fourth-order valence-corrected chi connectivity index (χ4v) is 2.72. The van der Waals surface area contributed by atoms with E-state index in [0.717, 1.165) is 5.56 Å². The highest BCUT2D eigenvalue weighted by Gasteiger charge is 2.27. The zero-order valence-electron chi connectivity index (χ0n) is 16.8. The standard InChI is InChI=1S/C20H25FN6O2/c1-12(2)25-17-14(19(28)23-10-16(21)20(3,4)29)9-24-27-11-15(26-18(17)27)13-6-5-7-22-8-13/h5-9,11-12,16,25,29H,10H2,1-4H3,(H,23,28). The summed E-state index contributed by atoms with van der Waals surface area (Å²) in [5, 5.41) is 19.8. The van der Waals surface area contributed by atoms with E-state index in [1.165, 1.54) is 20.0 Å². The highest BCUT2D eigenvalue weighted by molar-refractivity contribution is 6.02. The van der Waals surface area contributed by atoms with Crippen molar-refractivity contribution in [3.05, 3.63) is 42.5 Å². The summed E-state index contributed by atoms with van der Waals surface area (Å²) in [6.45, 7) is 6.27. The molecule has 0 aliphatic carbocycles. The van der Waals surface area contributed by atoms with Crippen LogP contribution in [0.4, 0.5) is 10.1 Å². The van der Waals surface area contributed by atoms with E-state index >= 15 is 0 Å². The molecule has 0 saturated heterocycles. The Morgan fingerprint density at radius 2 is 2.10 bits per heavy atom. The smallest absolute Gasteiger partial charge is 0.255 e. The normalized spacial score (nSPS) is 12.9. The zero-order valence-corrected chi connectivity index (χ0v) is 16.8. The molecule has 3 rings (SSSR count). The molecule has 3 aromatic heterocycles. The number of aromatic nitrogens is 4. The van der Waals surface area contributed by atoms with Gasteiger partial charge in [-0.1, -0.05) is 0 Å². The molecule has 29 heavy (non-hydrogen) atoms. The highest BCUT2D eigenvalue weighted by Crippen LogP contribution is 2.25. The third-order valence-electron chi connectivity index (χ3n) is 4.34. The van der Waals surface area contributed by atoms with Crippen molar-refractivity contribution in [3.8, 4) is 11.3 Å². The fourth-order valence-electron chi connectivity index (χ4n) is 2.72. The number of carbonyl (C=O) groups excluding carboxylic acids is 1. The first-order valence-electron chi connectivity index (χ1n) is 9.36. The van der Waals surface area contributed by atoms with Crippen molar-refractivity contribution < 1.29 is 14.3 Å². The van der Waals surface area contributed by atoms with Gasteiger partial charge in [-0.3, -0.25) is 9.78 Å². The van der Waals surface area contributed by atoms with Crippen LogP contribution in [0.15, 0.2) is 36.9 Å². The van der Waals surface area contributed by atoms with Crippen molar-refractivity contribution in [2.45, 2.75) is 45.5 Å². The molecule has 0 bridgehead atoms. The largest absolute Gasteiger partial charge is 0.387 e. The summed E-state index contributed by atoms with van der Waals surface area (Å²) in [5.41, 5.74) is 1.17. The van der Waals surface area contributed by atoms with Crippen LogP contribution >= 0.6 is 0 Å². The van der Waals surface area contributed by atoms with Gasteiger partial charge in [-0.2, -0.15) is 5.10 Å². The van der Waals surface area contributed by atoms with Crippen LogP contribution in [0.5, 0.6) is 0 Å². The van der Waals surface area contributed by atoms with Crippen LogP contribution in [0.3, 0.4) is 0 Å². The Balaban J connectivity index is 1.97. The predicted octanol–water partition coefficient (Wildman–Crippen LogP) is 2.45. The summed E-state index contributed by atoms with van der Waals surface area (Å²) in [6.07, 6.45) is 4.94. The number of fused-ring (bicyclic) bond motifs is 1. The molecule has 0 radical (unpaired) electrons. The maximum atomic E-state index is 14.0. The van der Waals surface area contributed by atoms with Crippen molar-refractivity contribution in [3.63, 3.8) is 0 Å². The van der Waals surface area contributed by atoms with Gasteiger partial charge in [0.15, 0.2) is 5.65 Å². The van der Waals surface area contributed by atoms with E-state index in [1.54, 1.807) is 23.1 Å². The van der Waals surface area contributed by atoms with Gasteiger partial charge in [-0.05, 0) is 39.8 Å². The lowest BCUT2D eigenvalue weighted by Gasteiger charge is -2.22. The molecule has 1 atom stereocenters. The molecule has 0 aliphatic rings. The van der Waals surface area contributed by atoms with E-state index in [4.69, 9.17) is 0 Å². The van der Waals surface area contributed by atoms with Crippen molar-refractivity contribution in [1.82, 2.24) is 24.9 Å². The average molecular weight is 400 g/mol. The van der Waals surface area contributed by atoms with E-state index in [0.29, 0.717) is 17.0 Å². The summed E-state index contributed by atoms with van der Waals surface area (Å²) >= 11 is 0. The molecule has 8 nitrogen and oxygen atoms in total. The Bertz CT molecular complexity index is 997. The molecule has 3 aromatic rings. The van der Waals surface area contributed by atoms with E-state index in [9.17, 15) is 14.3 Å². The number of amides is 1. The molecule has 3 heterocycles. The van der Waals surface area contributed by atoms with Crippen LogP contribution in [0.1, 0.15) is 38.1 Å². The first-order chi connectivity index (χ1) is 13.7. The van der Waals surface area contributed by atoms with Gasteiger partial charge in [0.25, 0.3) is 5.91 Å². The number of nitrogens with one attached hydrogen (secondary N) is 2. The number of aliphatic hydroxyl groups is 1. The Morgan fingerprint density at radius 3 is 2.72 bits per heavy atom. The lowest BCUT2D eigenvalue weighted by molar-refractivity contribution is -0.00177. The van der Waals surface area contributed by atoms with Gasteiger partial charge < -0.3 is 15.7 Å². The number of pyridine rings is 1. The molecule has 0 aromatic carbocycles. The van der Waals surface area contributed by atoms with Crippen LogP contribution in [0.2, 0.25) is 0 Å². The number of carbonyl (C=O) groups is 1. The van der Waals surface area contributed by atoms with Gasteiger partial charge in [-0.25, -0.2) is 13.9 Å². The number of halogens is 1. The molecular formula is C20H25FN6O2. The van der Waals surface area contributed by atoms with Gasteiger partial charge >= 0.3 is 0 Å². The summed E-state index contributed by atoms with van der Waals surface area (Å²) in [4.78, 5) is 21.4. The number of hydrogen-bond donors (Lipinski definition) is 3. The molecule has 0 aliphatic heterocycles. The van der Waals surface area contributed by atoms with Crippen molar-refractivity contribution in [2.75, 3.05) is 11.9 Å². The maximum absolute atomic E-state index is 14.0. The highest BCUT2D eigenvalue weighted by atomic mass is 19.1. The lowest BCUT2D eigenvalue weighted by atomic mass is 10.0. The second-order valence-corrected chi connectivity index (χ2v) is 7.70. The minimum atomic E-state index is -1.60. The molecule has 154 valence electrons. The minimum Gasteiger partial charge on any atom is -0.387 e. The van der Waals surface area contributed by atoms with E-state index in [1.807, 2.05) is 26.0 Å². The Morgan fingerprint density at radius 1 is 1.34 bits per heavy atom. The Hall–Kier alpha value is -3.07. The van der Waals surface area contributed by atoms with Gasteiger partial charge in [0.2, 0.25) is 0 Å². The third kappa shape index (κ3) is 4.68. The van der Waals surface area contributed by atoms with E-state index in [2.05, 4.69) is 25.7 Å². The first-order valence-corrected chi connectivity index (χ1v) is 9.36. The second-order valence-electron chi connectivity index (χ2n) is 7.70. The predicted molar refractivity (Wildman–Crippen MR) is 109 cm³/mol. The average Bonchev–Trinajstić information content (AvgIpc) is 3.10. The van der Waals surface area contributed by atoms with Gasteiger partial charge in [0, 0.05) is 24.0 Å². The molecule has 0 saturated carbocycles. The summed E-state index contributed by atoms with van der Waals surface area (Å²) in [5.74, 6) is -0.499. The van der Waals surface area contributed by atoms with Crippen molar-refractivity contribution in [1.29, 1.82) is 0 Å². The number of hydrogen-bond acceptors (Lipinski definition) is 6. The van der Waals surface area contributed by atoms with Crippen LogP contribution in [-0.2, 0) is 0 Å². The molecule has 0 spiro atoms. The monoisotopic (exact) mass is 400 g/mol.